The van der Waals surface area contributed by atoms with Crippen LogP contribution in [-0.2, 0) is 23.2 Å². The van der Waals surface area contributed by atoms with Gasteiger partial charge in [0.2, 0.25) is 0 Å². The average Bonchev–Trinajstić information content (AvgIpc) is 3.36. The van der Waals surface area contributed by atoms with Gasteiger partial charge in [-0.2, -0.15) is 5.26 Å². The molecule has 1 aliphatic heterocycles. The Hall–Kier alpha value is -2.11. The van der Waals surface area contributed by atoms with Crippen LogP contribution in [0.2, 0.25) is 0 Å². The number of fused-ring (bicyclic) bond motifs is 1. The van der Waals surface area contributed by atoms with Crippen molar-refractivity contribution in [3.8, 4) is 17.2 Å². The van der Waals surface area contributed by atoms with Gasteiger partial charge in [0.25, 0.3) is 0 Å². The average molecular weight is 275 g/mol. The normalized spacial score (nSPS) is 18.6. The molecule has 0 aromatic heterocycles. The Kier molecular flexibility index (Phi) is 2.83. The second kappa shape index (κ2) is 4.72. The number of ether oxygens (including phenoxy) is 1. The van der Waals surface area contributed by atoms with E-state index in [1.54, 1.807) is 0 Å². The zero-order chi connectivity index (χ0) is 14.3. The first kappa shape index (κ1) is 12.6. The van der Waals surface area contributed by atoms with Gasteiger partial charge in [-0.3, -0.25) is 0 Å². The van der Waals surface area contributed by atoms with Crippen molar-refractivity contribution in [1.82, 2.24) is 0 Å². The fourth-order valence-corrected chi connectivity index (χ4v) is 3.13. The van der Waals surface area contributed by atoms with E-state index in [4.69, 9.17) is 4.74 Å². The first-order chi connectivity index (χ1) is 10.3. The molecule has 1 aliphatic carbocycles. The molecule has 2 heteroatoms. The highest BCUT2D eigenvalue weighted by Gasteiger charge is 2.44. The molecule has 0 bridgehead atoms. The van der Waals surface area contributed by atoms with Crippen molar-refractivity contribution in [2.24, 2.45) is 0 Å². The second-order valence-corrected chi connectivity index (χ2v) is 6.06. The van der Waals surface area contributed by atoms with Crippen LogP contribution in [0.3, 0.4) is 0 Å². The number of nitriles is 1. The highest BCUT2D eigenvalue weighted by molar-refractivity contribution is 5.67. The van der Waals surface area contributed by atoms with Gasteiger partial charge >= 0.3 is 0 Å². The molecule has 0 radical (unpaired) electrons. The molecule has 1 heterocycles. The van der Waals surface area contributed by atoms with Gasteiger partial charge in [-0.25, -0.2) is 0 Å². The van der Waals surface area contributed by atoms with Crippen LogP contribution < -0.4 is 0 Å². The van der Waals surface area contributed by atoms with Gasteiger partial charge < -0.3 is 4.74 Å². The number of nitrogens with zero attached hydrogens (tertiary/aromatic N) is 1. The topological polar surface area (TPSA) is 33.0 Å². The first-order valence-electron chi connectivity index (χ1n) is 7.52. The van der Waals surface area contributed by atoms with Crippen molar-refractivity contribution >= 4 is 0 Å². The molecule has 0 amide bonds. The smallest absolute Gasteiger partial charge is 0.0824 e. The third-order valence-electron chi connectivity index (χ3n) is 4.69. The van der Waals surface area contributed by atoms with E-state index in [0.29, 0.717) is 0 Å². The van der Waals surface area contributed by atoms with Gasteiger partial charge in [-0.15, -0.1) is 0 Å². The Morgan fingerprint density at radius 1 is 1.00 bits per heavy atom. The molecule has 0 unspecified atom stereocenters. The number of benzene rings is 2. The molecule has 1 fully saturated rings. The summed E-state index contributed by atoms with van der Waals surface area (Å²) in [4.78, 5) is 0. The van der Waals surface area contributed by atoms with Crippen LogP contribution in [0.25, 0.3) is 11.1 Å². The molecule has 21 heavy (non-hydrogen) atoms. The Bertz CT molecular complexity index is 737. The molecule has 2 aromatic rings. The van der Waals surface area contributed by atoms with Gasteiger partial charge in [0.05, 0.1) is 24.7 Å². The molecule has 0 spiro atoms. The maximum absolute atomic E-state index is 9.37. The van der Waals surface area contributed by atoms with Crippen LogP contribution in [0.15, 0.2) is 42.5 Å². The maximum Gasteiger partial charge on any atom is 0.0824 e. The van der Waals surface area contributed by atoms with Crippen LogP contribution in [0.5, 0.6) is 0 Å². The third-order valence-corrected chi connectivity index (χ3v) is 4.69. The van der Waals surface area contributed by atoms with Crippen LogP contribution in [0.4, 0.5) is 0 Å². The van der Waals surface area contributed by atoms with E-state index < -0.39 is 0 Å². The van der Waals surface area contributed by atoms with Crippen LogP contribution >= 0.6 is 0 Å². The van der Waals surface area contributed by atoms with E-state index in [1.807, 2.05) is 0 Å². The van der Waals surface area contributed by atoms with Crippen molar-refractivity contribution in [2.45, 2.75) is 31.3 Å². The molecule has 2 aromatic carbocycles. The molecule has 1 saturated carbocycles. The summed E-state index contributed by atoms with van der Waals surface area (Å²) in [5.41, 5.74) is 6.11. The summed E-state index contributed by atoms with van der Waals surface area (Å²) >= 11 is 0. The highest BCUT2D eigenvalue weighted by Crippen LogP contribution is 2.48. The minimum atomic E-state index is -0.210. The lowest BCUT2D eigenvalue weighted by molar-refractivity contribution is 0.111. The van der Waals surface area contributed by atoms with E-state index in [1.165, 1.54) is 27.8 Å². The Balaban J connectivity index is 1.74. The molecular formula is C19H17NO. The monoisotopic (exact) mass is 275 g/mol. The lowest BCUT2D eigenvalue weighted by Crippen LogP contribution is -2.09. The van der Waals surface area contributed by atoms with Crippen molar-refractivity contribution in [1.29, 1.82) is 5.26 Å². The zero-order valence-electron chi connectivity index (χ0n) is 11.9. The zero-order valence-corrected chi connectivity index (χ0v) is 11.9. The SMILES string of the molecule is N#CC1(c2cccc(-c3ccc4c(c3)CCOC4)c2)CC1. The molecule has 0 N–H and O–H groups in total. The second-order valence-electron chi connectivity index (χ2n) is 6.06. The predicted molar refractivity (Wildman–Crippen MR) is 81.8 cm³/mol. The predicted octanol–water partition coefficient (Wildman–Crippen LogP) is 3.98. The van der Waals surface area contributed by atoms with Gasteiger partial charge in [0, 0.05) is 0 Å². The fraction of sp³-hybridized carbons (Fsp3) is 0.316. The van der Waals surface area contributed by atoms with Crippen LogP contribution in [-0.4, -0.2) is 6.61 Å². The quantitative estimate of drug-likeness (QED) is 0.830. The summed E-state index contributed by atoms with van der Waals surface area (Å²) in [6, 6.07) is 17.6. The van der Waals surface area contributed by atoms with Gasteiger partial charge in [-0.1, -0.05) is 36.4 Å². The highest BCUT2D eigenvalue weighted by atomic mass is 16.5. The number of hydrogen-bond acceptors (Lipinski definition) is 2. The summed E-state index contributed by atoms with van der Waals surface area (Å²) in [7, 11) is 0. The maximum atomic E-state index is 9.37. The van der Waals surface area contributed by atoms with E-state index in [9.17, 15) is 5.26 Å². The minimum absolute atomic E-state index is 0.210. The van der Waals surface area contributed by atoms with E-state index >= 15 is 0 Å². The largest absolute Gasteiger partial charge is 0.376 e. The van der Waals surface area contributed by atoms with Crippen LogP contribution in [0, 0.1) is 11.3 Å². The third kappa shape index (κ3) is 2.14. The summed E-state index contributed by atoms with van der Waals surface area (Å²) in [6.45, 7) is 1.54. The van der Waals surface area contributed by atoms with Gasteiger partial charge in [0.1, 0.15) is 0 Å². The summed E-state index contributed by atoms with van der Waals surface area (Å²) < 4.78 is 5.49. The Labute approximate surface area is 125 Å². The molecule has 4 rings (SSSR count). The lowest BCUT2D eigenvalue weighted by atomic mass is 9.92. The molecule has 0 atom stereocenters. The molecule has 0 saturated heterocycles. The minimum Gasteiger partial charge on any atom is -0.376 e. The fourth-order valence-electron chi connectivity index (χ4n) is 3.13. The summed E-state index contributed by atoms with van der Waals surface area (Å²) in [5, 5.41) is 9.37. The molecule has 104 valence electrons. The Morgan fingerprint density at radius 2 is 1.86 bits per heavy atom. The van der Waals surface area contributed by atoms with Crippen molar-refractivity contribution < 1.29 is 4.74 Å². The van der Waals surface area contributed by atoms with Gasteiger partial charge in [0.15, 0.2) is 0 Å². The van der Waals surface area contributed by atoms with Gasteiger partial charge in [-0.05, 0) is 53.1 Å². The van der Waals surface area contributed by atoms with Crippen molar-refractivity contribution in [2.75, 3.05) is 6.61 Å². The molecular weight excluding hydrogens is 258 g/mol. The summed E-state index contributed by atoms with van der Waals surface area (Å²) in [5.74, 6) is 0. The standard InChI is InChI=1S/C19H17NO/c20-13-19(7-8-19)18-3-1-2-14(11-18)15-4-5-17-12-21-9-6-16(17)10-15/h1-5,10-11H,6-9,12H2. The van der Waals surface area contributed by atoms with Crippen LogP contribution in [0.1, 0.15) is 29.5 Å². The number of hydrogen-bond donors (Lipinski definition) is 0. The van der Waals surface area contributed by atoms with E-state index in [2.05, 4.69) is 48.5 Å². The first-order valence-corrected chi connectivity index (χ1v) is 7.52. The van der Waals surface area contributed by atoms with E-state index in [-0.39, 0.29) is 5.41 Å². The van der Waals surface area contributed by atoms with Crippen molar-refractivity contribution in [3.05, 3.63) is 59.2 Å². The number of rotatable bonds is 2. The van der Waals surface area contributed by atoms with E-state index in [0.717, 1.165) is 32.5 Å². The summed E-state index contributed by atoms with van der Waals surface area (Å²) in [6.07, 6.45) is 2.98. The molecule has 2 aliphatic rings. The van der Waals surface area contributed by atoms with Crippen molar-refractivity contribution in [3.63, 3.8) is 0 Å². The molecule has 2 nitrogen and oxygen atoms in total. The lowest BCUT2D eigenvalue weighted by Gasteiger charge is -2.17. The Morgan fingerprint density at radius 3 is 2.67 bits per heavy atom.